The molecule has 0 radical (unpaired) electrons. The molecule has 1 aromatic rings. The zero-order valence-corrected chi connectivity index (χ0v) is 13.7. The van der Waals surface area contributed by atoms with Crippen molar-refractivity contribution in [3.8, 4) is 0 Å². The van der Waals surface area contributed by atoms with Crippen molar-refractivity contribution < 1.29 is 9.59 Å². The lowest BCUT2D eigenvalue weighted by Gasteiger charge is -2.38. The minimum absolute atomic E-state index is 0.0434. The van der Waals surface area contributed by atoms with E-state index in [9.17, 15) is 9.59 Å². The molecule has 1 fully saturated rings. The monoisotopic (exact) mass is 312 g/mol. The number of nitrogens with one attached hydrogen (secondary N) is 1. The quantitative estimate of drug-likeness (QED) is 0.913. The number of hydrogen-bond donors (Lipinski definition) is 1. The SMILES string of the molecule is Cc1nn(C)c(Cl)c1CN1C(=O)C(C(C)C)NC(=O)C1C. The molecule has 2 amide bonds. The van der Waals surface area contributed by atoms with Gasteiger partial charge in [0, 0.05) is 12.6 Å². The lowest BCUT2D eigenvalue weighted by atomic mass is 9.98. The molecule has 0 aliphatic carbocycles. The van der Waals surface area contributed by atoms with Crippen LogP contribution in [-0.4, -0.2) is 38.6 Å². The summed E-state index contributed by atoms with van der Waals surface area (Å²) in [5, 5.41) is 7.53. The van der Waals surface area contributed by atoms with Gasteiger partial charge in [-0.2, -0.15) is 5.10 Å². The molecule has 1 N–H and O–H groups in total. The second kappa shape index (κ2) is 5.67. The number of halogens is 1. The Hall–Kier alpha value is -1.56. The fourth-order valence-electron chi connectivity index (χ4n) is 2.54. The molecule has 1 aliphatic rings. The fourth-order valence-corrected chi connectivity index (χ4v) is 2.77. The summed E-state index contributed by atoms with van der Waals surface area (Å²) in [5.41, 5.74) is 1.56. The predicted octanol–water partition coefficient (Wildman–Crippen LogP) is 1.25. The van der Waals surface area contributed by atoms with Crippen molar-refractivity contribution in [3.05, 3.63) is 16.4 Å². The van der Waals surface area contributed by atoms with Gasteiger partial charge in [-0.3, -0.25) is 14.3 Å². The number of rotatable bonds is 3. The Balaban J connectivity index is 2.31. The third-order valence-electron chi connectivity index (χ3n) is 3.96. The van der Waals surface area contributed by atoms with Gasteiger partial charge in [0.05, 0.1) is 12.2 Å². The number of aryl methyl sites for hydroxylation is 2. The van der Waals surface area contributed by atoms with Crippen molar-refractivity contribution in [2.45, 2.75) is 46.3 Å². The Morgan fingerprint density at radius 1 is 1.38 bits per heavy atom. The number of amides is 2. The summed E-state index contributed by atoms with van der Waals surface area (Å²) in [6, 6.07) is -0.993. The molecule has 1 aliphatic heterocycles. The van der Waals surface area contributed by atoms with Gasteiger partial charge in [0.25, 0.3) is 0 Å². The Labute approximate surface area is 129 Å². The Bertz CT molecular complexity index is 582. The first-order valence-electron chi connectivity index (χ1n) is 7.02. The van der Waals surface area contributed by atoms with Crippen LogP contribution in [0.5, 0.6) is 0 Å². The average molecular weight is 313 g/mol. The maximum absolute atomic E-state index is 12.6. The number of nitrogens with zero attached hydrogens (tertiary/aromatic N) is 3. The van der Waals surface area contributed by atoms with E-state index in [1.165, 1.54) is 0 Å². The van der Waals surface area contributed by atoms with Gasteiger partial charge in [-0.25, -0.2) is 0 Å². The van der Waals surface area contributed by atoms with Crippen LogP contribution in [-0.2, 0) is 23.2 Å². The molecular weight excluding hydrogens is 292 g/mol. The van der Waals surface area contributed by atoms with E-state index in [1.54, 1.807) is 23.6 Å². The van der Waals surface area contributed by atoms with E-state index in [2.05, 4.69) is 10.4 Å². The zero-order valence-electron chi connectivity index (χ0n) is 13.0. The normalized spacial score (nSPS) is 22.9. The molecule has 0 saturated carbocycles. The largest absolute Gasteiger partial charge is 0.342 e. The molecule has 116 valence electrons. The fraction of sp³-hybridized carbons (Fsp3) is 0.643. The third kappa shape index (κ3) is 2.77. The molecular formula is C14H21ClN4O2. The van der Waals surface area contributed by atoms with E-state index in [4.69, 9.17) is 11.6 Å². The van der Waals surface area contributed by atoms with Crippen molar-refractivity contribution >= 4 is 23.4 Å². The second-order valence-corrected chi connectivity index (χ2v) is 6.21. The lowest BCUT2D eigenvalue weighted by Crippen LogP contribution is -2.63. The number of hydrogen-bond acceptors (Lipinski definition) is 3. The Kier molecular flexibility index (Phi) is 4.27. The van der Waals surface area contributed by atoms with E-state index in [1.807, 2.05) is 20.8 Å². The van der Waals surface area contributed by atoms with Crippen LogP contribution >= 0.6 is 11.6 Å². The van der Waals surface area contributed by atoms with E-state index in [0.717, 1.165) is 11.3 Å². The van der Waals surface area contributed by atoms with Crippen LogP contribution in [0.2, 0.25) is 5.15 Å². The summed E-state index contributed by atoms with van der Waals surface area (Å²) < 4.78 is 1.57. The average Bonchev–Trinajstić information content (AvgIpc) is 2.64. The summed E-state index contributed by atoms with van der Waals surface area (Å²) in [6.45, 7) is 7.71. The molecule has 2 atom stereocenters. The van der Waals surface area contributed by atoms with Gasteiger partial charge in [-0.15, -0.1) is 0 Å². The van der Waals surface area contributed by atoms with Gasteiger partial charge < -0.3 is 10.2 Å². The first-order chi connectivity index (χ1) is 9.73. The molecule has 21 heavy (non-hydrogen) atoms. The van der Waals surface area contributed by atoms with E-state index < -0.39 is 12.1 Å². The molecule has 2 heterocycles. The zero-order chi connectivity index (χ0) is 15.9. The van der Waals surface area contributed by atoms with Gasteiger partial charge in [-0.05, 0) is 19.8 Å². The topological polar surface area (TPSA) is 67.2 Å². The van der Waals surface area contributed by atoms with Crippen LogP contribution in [0.3, 0.4) is 0 Å². The van der Waals surface area contributed by atoms with Gasteiger partial charge in [0.1, 0.15) is 17.2 Å². The summed E-state index contributed by atoms with van der Waals surface area (Å²) in [5.74, 6) is -0.163. The smallest absolute Gasteiger partial charge is 0.246 e. The van der Waals surface area contributed by atoms with Crippen molar-refractivity contribution in [1.29, 1.82) is 0 Å². The molecule has 2 unspecified atom stereocenters. The van der Waals surface area contributed by atoms with Gasteiger partial charge in [-0.1, -0.05) is 25.4 Å². The number of carbonyl (C=O) groups excluding carboxylic acids is 2. The minimum Gasteiger partial charge on any atom is -0.342 e. The highest BCUT2D eigenvalue weighted by Crippen LogP contribution is 2.24. The van der Waals surface area contributed by atoms with E-state index >= 15 is 0 Å². The van der Waals surface area contributed by atoms with Crippen LogP contribution in [0.1, 0.15) is 32.0 Å². The minimum atomic E-state index is -0.511. The Morgan fingerprint density at radius 2 is 2.00 bits per heavy atom. The predicted molar refractivity (Wildman–Crippen MR) is 79.7 cm³/mol. The molecule has 0 aromatic carbocycles. The maximum atomic E-state index is 12.6. The van der Waals surface area contributed by atoms with E-state index in [-0.39, 0.29) is 17.7 Å². The van der Waals surface area contributed by atoms with Gasteiger partial charge in [0.15, 0.2) is 0 Å². The number of aromatic nitrogens is 2. The van der Waals surface area contributed by atoms with Crippen molar-refractivity contribution in [1.82, 2.24) is 20.0 Å². The summed E-state index contributed by atoms with van der Waals surface area (Å²) in [4.78, 5) is 26.3. The second-order valence-electron chi connectivity index (χ2n) is 5.85. The van der Waals surface area contributed by atoms with Crippen LogP contribution in [0.25, 0.3) is 0 Å². The first-order valence-corrected chi connectivity index (χ1v) is 7.40. The Morgan fingerprint density at radius 3 is 2.48 bits per heavy atom. The third-order valence-corrected chi connectivity index (χ3v) is 4.43. The standard InChI is InChI=1S/C14H21ClN4O2/c1-7(2)11-14(21)19(9(4)13(20)16-11)6-10-8(3)17-18(5)12(10)15/h7,9,11H,6H2,1-5H3,(H,16,20). The van der Waals surface area contributed by atoms with Gasteiger partial charge >= 0.3 is 0 Å². The van der Waals surface area contributed by atoms with Crippen LogP contribution in [0, 0.1) is 12.8 Å². The molecule has 0 spiro atoms. The van der Waals surface area contributed by atoms with Crippen LogP contribution in [0.15, 0.2) is 0 Å². The number of piperazine rings is 1. The highest BCUT2D eigenvalue weighted by atomic mass is 35.5. The summed E-state index contributed by atoms with van der Waals surface area (Å²) >= 11 is 6.23. The summed E-state index contributed by atoms with van der Waals surface area (Å²) in [6.07, 6.45) is 0. The highest BCUT2D eigenvalue weighted by molar-refractivity contribution is 6.30. The molecule has 1 saturated heterocycles. The van der Waals surface area contributed by atoms with Crippen molar-refractivity contribution in [3.63, 3.8) is 0 Å². The van der Waals surface area contributed by atoms with Crippen molar-refractivity contribution in [2.75, 3.05) is 0 Å². The van der Waals surface area contributed by atoms with Crippen LogP contribution < -0.4 is 5.32 Å². The summed E-state index contributed by atoms with van der Waals surface area (Å²) in [7, 11) is 1.75. The van der Waals surface area contributed by atoms with Crippen LogP contribution in [0.4, 0.5) is 0 Å². The molecule has 1 aromatic heterocycles. The maximum Gasteiger partial charge on any atom is 0.246 e. The first kappa shape index (κ1) is 15.8. The number of carbonyl (C=O) groups is 2. The molecule has 2 rings (SSSR count). The lowest BCUT2D eigenvalue weighted by molar-refractivity contribution is -0.150. The molecule has 0 bridgehead atoms. The highest BCUT2D eigenvalue weighted by Gasteiger charge is 2.39. The van der Waals surface area contributed by atoms with Gasteiger partial charge in [0.2, 0.25) is 11.8 Å². The van der Waals surface area contributed by atoms with E-state index in [0.29, 0.717) is 11.7 Å². The molecule has 7 heteroatoms. The molecule has 6 nitrogen and oxygen atoms in total. The van der Waals surface area contributed by atoms with Crippen molar-refractivity contribution in [2.24, 2.45) is 13.0 Å².